The lowest BCUT2D eigenvalue weighted by atomic mass is 10.5. The van der Waals surface area contributed by atoms with E-state index in [0.717, 1.165) is 6.26 Å². The molecule has 0 fully saturated rings. The van der Waals surface area contributed by atoms with Crippen LogP contribution in [0.2, 0.25) is 0 Å². The van der Waals surface area contributed by atoms with Crippen molar-refractivity contribution in [3.05, 3.63) is 6.07 Å². The van der Waals surface area contributed by atoms with Crippen LogP contribution in [0.25, 0.3) is 0 Å². The number of nitrogens with zero attached hydrogens (tertiary/aromatic N) is 2. The molecule has 10 nitrogen and oxygen atoms in total. The zero-order valence-corrected chi connectivity index (χ0v) is 9.17. The smallest absolute Gasteiger partial charge is 0.241 e. The second kappa shape index (κ2) is 4.89. The summed E-state index contributed by atoms with van der Waals surface area (Å²) in [5.41, 5.74) is 6.83. The lowest BCUT2D eigenvalue weighted by Crippen LogP contribution is -2.29. The van der Waals surface area contributed by atoms with Gasteiger partial charge in [-0.1, -0.05) is 0 Å². The summed E-state index contributed by atoms with van der Waals surface area (Å²) in [5.74, 6) is 10.8. The fourth-order valence-corrected chi connectivity index (χ4v) is 1.08. The molecule has 0 saturated carbocycles. The Morgan fingerprint density at radius 2 is 1.81 bits per heavy atom. The molecule has 16 heavy (non-hydrogen) atoms. The highest BCUT2D eigenvalue weighted by Gasteiger charge is 2.04. The second-order valence-corrected chi connectivity index (χ2v) is 4.50. The van der Waals surface area contributed by atoms with Gasteiger partial charge in [0.2, 0.25) is 16.0 Å². The van der Waals surface area contributed by atoms with Gasteiger partial charge < -0.3 is 5.43 Å². The van der Waals surface area contributed by atoms with Crippen molar-refractivity contribution >= 4 is 27.6 Å². The molecule has 1 rings (SSSR count). The molecule has 0 aliphatic rings. The quantitative estimate of drug-likeness (QED) is 0.254. The number of sulfonamides is 1. The summed E-state index contributed by atoms with van der Waals surface area (Å²) in [6.45, 7) is 0. The van der Waals surface area contributed by atoms with E-state index in [1.807, 2.05) is 4.83 Å². The molecule has 0 aliphatic heterocycles. The number of hydrogen-bond acceptors (Lipinski definition) is 9. The van der Waals surface area contributed by atoms with Crippen molar-refractivity contribution in [3.8, 4) is 0 Å². The van der Waals surface area contributed by atoms with Crippen LogP contribution in [-0.4, -0.2) is 24.6 Å². The number of nitrogens with two attached hydrogens (primary N) is 2. The topological polar surface area (TPSA) is 160 Å². The predicted molar refractivity (Wildman–Crippen MR) is 59.3 cm³/mol. The Morgan fingerprint density at radius 3 is 2.31 bits per heavy atom. The second-order valence-electron chi connectivity index (χ2n) is 2.75. The fraction of sp³-hybridized carbons (Fsp3) is 0.200. The molecule has 0 bridgehead atoms. The summed E-state index contributed by atoms with van der Waals surface area (Å²) in [4.78, 5) is 9.67. The van der Waals surface area contributed by atoms with E-state index in [1.54, 1.807) is 0 Å². The number of hydrogen-bond donors (Lipinski definition) is 6. The zero-order valence-electron chi connectivity index (χ0n) is 8.35. The molecule has 90 valence electrons. The lowest BCUT2D eigenvalue weighted by Gasteiger charge is -2.08. The third-order valence-corrected chi connectivity index (χ3v) is 1.84. The largest absolute Gasteiger partial charge is 0.308 e. The summed E-state index contributed by atoms with van der Waals surface area (Å²) < 4.78 is 21.6. The van der Waals surface area contributed by atoms with E-state index in [1.165, 1.54) is 6.07 Å². The average Bonchev–Trinajstić information content (AvgIpc) is 2.25. The van der Waals surface area contributed by atoms with Crippen LogP contribution < -0.4 is 32.8 Å². The Morgan fingerprint density at radius 1 is 1.19 bits per heavy atom. The van der Waals surface area contributed by atoms with Crippen molar-refractivity contribution in [2.75, 3.05) is 22.5 Å². The van der Waals surface area contributed by atoms with E-state index in [-0.39, 0.29) is 17.6 Å². The minimum atomic E-state index is -3.39. The van der Waals surface area contributed by atoms with Crippen molar-refractivity contribution in [2.45, 2.75) is 0 Å². The predicted octanol–water partition coefficient (Wildman–Crippen LogP) is -2.08. The number of nitrogen functional groups attached to an aromatic ring is 2. The number of hydrazine groups is 3. The minimum Gasteiger partial charge on any atom is -0.308 e. The molecule has 11 heteroatoms. The SMILES string of the molecule is CS(=O)(=O)NNc1cc(NN)nc(NN)n1. The molecule has 1 aromatic rings. The van der Waals surface area contributed by atoms with Crippen molar-refractivity contribution < 1.29 is 8.42 Å². The van der Waals surface area contributed by atoms with Gasteiger partial charge in [-0.3, -0.25) is 10.9 Å². The van der Waals surface area contributed by atoms with Crippen LogP contribution in [0.1, 0.15) is 0 Å². The summed E-state index contributed by atoms with van der Waals surface area (Å²) in [5, 5.41) is 0. The van der Waals surface area contributed by atoms with Crippen LogP contribution in [0.4, 0.5) is 17.6 Å². The molecule has 8 N–H and O–H groups in total. The van der Waals surface area contributed by atoms with Crippen molar-refractivity contribution in [1.29, 1.82) is 0 Å². The first-order valence-corrected chi connectivity index (χ1v) is 5.89. The van der Waals surface area contributed by atoms with Gasteiger partial charge in [-0.25, -0.2) is 20.1 Å². The van der Waals surface area contributed by atoms with Gasteiger partial charge in [0.15, 0.2) is 0 Å². The highest BCUT2D eigenvalue weighted by atomic mass is 32.2. The minimum absolute atomic E-state index is 0.0771. The molecule has 1 heterocycles. The molecule has 0 atom stereocenters. The molecule has 0 aliphatic carbocycles. The zero-order chi connectivity index (χ0) is 12.2. The lowest BCUT2D eigenvalue weighted by molar-refractivity contribution is 0.593. The first-order chi connectivity index (χ1) is 7.44. The first kappa shape index (κ1) is 12.4. The molecule has 0 aromatic carbocycles. The Labute approximate surface area is 91.8 Å². The number of rotatable bonds is 5. The Hall–Kier alpha value is -1.69. The van der Waals surface area contributed by atoms with Crippen LogP contribution in [0.3, 0.4) is 0 Å². The Kier molecular flexibility index (Phi) is 3.78. The van der Waals surface area contributed by atoms with E-state index in [0.29, 0.717) is 0 Å². The van der Waals surface area contributed by atoms with Gasteiger partial charge in [0.25, 0.3) is 0 Å². The highest BCUT2D eigenvalue weighted by molar-refractivity contribution is 7.88. The maximum atomic E-state index is 10.8. The molecular formula is C5H12N8O2S. The maximum absolute atomic E-state index is 10.8. The average molecular weight is 248 g/mol. The summed E-state index contributed by atoms with van der Waals surface area (Å²) in [6.07, 6.45) is 0.991. The molecule has 0 spiro atoms. The fourth-order valence-electron chi connectivity index (χ4n) is 0.795. The van der Waals surface area contributed by atoms with Crippen LogP contribution in [-0.2, 0) is 10.0 Å². The monoisotopic (exact) mass is 248 g/mol. The maximum Gasteiger partial charge on any atom is 0.241 e. The van der Waals surface area contributed by atoms with E-state index >= 15 is 0 Å². The van der Waals surface area contributed by atoms with Gasteiger partial charge in [-0.2, -0.15) is 9.97 Å². The standard InChI is InChI=1S/C5H12N8O2S/c1-16(14,15)13-12-4-2-3(10-6)8-5(9-4)11-7/h2,13H,6-7H2,1H3,(H3,8,9,10,11,12). The molecule has 0 amide bonds. The molecule has 0 saturated heterocycles. The summed E-state index contributed by atoms with van der Waals surface area (Å²) >= 11 is 0. The van der Waals surface area contributed by atoms with Gasteiger partial charge >= 0.3 is 0 Å². The van der Waals surface area contributed by atoms with Gasteiger partial charge in [-0.05, 0) is 0 Å². The third kappa shape index (κ3) is 3.82. The van der Waals surface area contributed by atoms with Gasteiger partial charge in [-0.15, -0.1) is 4.83 Å². The number of anilines is 3. The molecule has 0 unspecified atom stereocenters. The first-order valence-electron chi connectivity index (χ1n) is 3.99. The van der Waals surface area contributed by atoms with Crippen LogP contribution in [0.15, 0.2) is 6.07 Å². The number of nitrogens with one attached hydrogen (secondary N) is 4. The van der Waals surface area contributed by atoms with Crippen molar-refractivity contribution in [1.82, 2.24) is 14.8 Å². The summed E-state index contributed by atoms with van der Waals surface area (Å²) in [7, 11) is -3.39. The number of aromatic nitrogens is 2. The molecule has 0 radical (unpaired) electrons. The van der Waals surface area contributed by atoms with Crippen LogP contribution in [0.5, 0.6) is 0 Å². The Bertz CT molecular complexity index is 437. The highest BCUT2D eigenvalue weighted by Crippen LogP contribution is 2.11. The molecule has 1 aromatic heterocycles. The van der Waals surface area contributed by atoms with Crippen LogP contribution >= 0.6 is 0 Å². The van der Waals surface area contributed by atoms with Gasteiger partial charge in [0.05, 0.1) is 6.26 Å². The van der Waals surface area contributed by atoms with Crippen molar-refractivity contribution in [2.24, 2.45) is 11.7 Å². The van der Waals surface area contributed by atoms with Gasteiger partial charge in [0.1, 0.15) is 11.6 Å². The normalized spacial score (nSPS) is 10.9. The Balaban J connectivity index is 2.87. The summed E-state index contributed by atoms with van der Waals surface area (Å²) in [6, 6.07) is 1.39. The van der Waals surface area contributed by atoms with Crippen molar-refractivity contribution in [3.63, 3.8) is 0 Å². The van der Waals surface area contributed by atoms with E-state index in [4.69, 9.17) is 11.7 Å². The van der Waals surface area contributed by atoms with Gasteiger partial charge in [0, 0.05) is 6.07 Å². The molecular weight excluding hydrogens is 236 g/mol. The van der Waals surface area contributed by atoms with E-state index in [2.05, 4.69) is 26.2 Å². The van der Waals surface area contributed by atoms with E-state index < -0.39 is 10.0 Å². The van der Waals surface area contributed by atoms with Crippen LogP contribution in [0, 0.1) is 0 Å². The third-order valence-electron chi connectivity index (χ3n) is 1.37. The van der Waals surface area contributed by atoms with E-state index in [9.17, 15) is 8.42 Å².